The lowest BCUT2D eigenvalue weighted by molar-refractivity contribution is 0.122. The van der Waals surface area contributed by atoms with E-state index in [1.165, 1.54) is 23.5 Å². The van der Waals surface area contributed by atoms with Gasteiger partial charge >= 0.3 is 0 Å². The predicted octanol–water partition coefficient (Wildman–Crippen LogP) is 2.69. The van der Waals surface area contributed by atoms with Crippen LogP contribution in [0.2, 0.25) is 0 Å². The third kappa shape index (κ3) is 4.10. The number of morpholine rings is 1. The minimum atomic E-state index is 0.842. The second-order valence-corrected chi connectivity index (χ2v) is 5.41. The van der Waals surface area contributed by atoms with Crippen molar-refractivity contribution in [1.82, 2.24) is 0 Å². The van der Waals surface area contributed by atoms with Gasteiger partial charge in [0.15, 0.2) is 0 Å². The molecule has 1 aromatic carbocycles. The largest absolute Gasteiger partial charge is 0.385 e. The first kappa shape index (κ1) is 13.6. The van der Waals surface area contributed by atoms with Crippen molar-refractivity contribution in [3.63, 3.8) is 0 Å². The monoisotopic (exact) mass is 266 g/mol. The molecule has 3 nitrogen and oxygen atoms in total. The lowest BCUT2D eigenvalue weighted by atomic mass is 10.2. The molecule has 1 N–H and O–H groups in total. The maximum absolute atomic E-state index is 5.37. The van der Waals surface area contributed by atoms with Crippen molar-refractivity contribution in [2.45, 2.75) is 6.42 Å². The summed E-state index contributed by atoms with van der Waals surface area (Å²) in [5.74, 6) is 1.22. The van der Waals surface area contributed by atoms with Gasteiger partial charge in [-0.1, -0.05) is 0 Å². The van der Waals surface area contributed by atoms with Gasteiger partial charge < -0.3 is 15.0 Å². The van der Waals surface area contributed by atoms with Gasteiger partial charge in [-0.05, 0) is 42.7 Å². The Morgan fingerprint density at radius 3 is 2.61 bits per heavy atom. The lowest BCUT2D eigenvalue weighted by Crippen LogP contribution is -2.36. The Balaban J connectivity index is 1.81. The summed E-state index contributed by atoms with van der Waals surface area (Å²) < 4.78 is 5.37. The normalized spacial score (nSPS) is 15.7. The van der Waals surface area contributed by atoms with Crippen molar-refractivity contribution in [1.29, 1.82) is 0 Å². The first-order valence-corrected chi connectivity index (χ1v) is 7.95. The fraction of sp³-hybridized carbons (Fsp3) is 0.571. The van der Waals surface area contributed by atoms with Gasteiger partial charge in [0.2, 0.25) is 0 Å². The molecule has 4 heteroatoms. The minimum Gasteiger partial charge on any atom is -0.385 e. The van der Waals surface area contributed by atoms with E-state index in [4.69, 9.17) is 4.74 Å². The van der Waals surface area contributed by atoms with Gasteiger partial charge in [-0.3, -0.25) is 0 Å². The van der Waals surface area contributed by atoms with Gasteiger partial charge in [-0.25, -0.2) is 0 Å². The van der Waals surface area contributed by atoms with Gasteiger partial charge in [0.1, 0.15) is 0 Å². The van der Waals surface area contributed by atoms with Gasteiger partial charge in [0.05, 0.1) is 13.2 Å². The number of rotatable bonds is 6. The molecule has 0 unspecified atom stereocenters. The van der Waals surface area contributed by atoms with E-state index < -0.39 is 0 Å². The van der Waals surface area contributed by atoms with Crippen molar-refractivity contribution in [3.05, 3.63) is 24.3 Å². The molecule has 18 heavy (non-hydrogen) atoms. The molecular weight excluding hydrogens is 244 g/mol. The van der Waals surface area contributed by atoms with Gasteiger partial charge in [-0.15, -0.1) is 0 Å². The highest BCUT2D eigenvalue weighted by Gasteiger charge is 2.10. The summed E-state index contributed by atoms with van der Waals surface area (Å²) in [6.45, 7) is 4.74. The van der Waals surface area contributed by atoms with Crippen LogP contribution in [-0.2, 0) is 4.74 Å². The molecular formula is C14H22N2OS. The second-order valence-electron chi connectivity index (χ2n) is 4.42. The van der Waals surface area contributed by atoms with Gasteiger partial charge in [0, 0.05) is 31.0 Å². The number of ether oxygens (including phenoxy) is 1. The molecule has 1 aliphatic heterocycles. The highest BCUT2D eigenvalue weighted by atomic mass is 32.2. The number of benzene rings is 1. The van der Waals surface area contributed by atoms with Crippen molar-refractivity contribution in [3.8, 4) is 0 Å². The minimum absolute atomic E-state index is 0.842. The molecule has 0 aromatic heterocycles. The molecule has 0 spiro atoms. The van der Waals surface area contributed by atoms with E-state index in [0.29, 0.717) is 0 Å². The first-order chi connectivity index (χ1) is 8.90. The number of hydrogen-bond acceptors (Lipinski definition) is 4. The number of hydrogen-bond donors (Lipinski definition) is 1. The summed E-state index contributed by atoms with van der Waals surface area (Å²) in [5.41, 5.74) is 2.51. The molecule has 0 aliphatic carbocycles. The Labute approximate surface area is 114 Å². The number of anilines is 2. The van der Waals surface area contributed by atoms with E-state index >= 15 is 0 Å². The van der Waals surface area contributed by atoms with E-state index in [1.54, 1.807) is 0 Å². The highest BCUT2D eigenvalue weighted by molar-refractivity contribution is 7.98. The van der Waals surface area contributed by atoms with Crippen LogP contribution in [0.1, 0.15) is 6.42 Å². The fourth-order valence-electron chi connectivity index (χ4n) is 2.06. The lowest BCUT2D eigenvalue weighted by Gasteiger charge is -2.28. The summed E-state index contributed by atoms with van der Waals surface area (Å²) in [4.78, 5) is 2.38. The average Bonchev–Trinajstić information content (AvgIpc) is 2.45. The molecule has 1 heterocycles. The Morgan fingerprint density at radius 1 is 1.22 bits per heavy atom. The van der Waals surface area contributed by atoms with E-state index in [2.05, 4.69) is 40.7 Å². The van der Waals surface area contributed by atoms with Crippen LogP contribution in [0.15, 0.2) is 24.3 Å². The van der Waals surface area contributed by atoms with Crippen LogP contribution in [0.3, 0.4) is 0 Å². The van der Waals surface area contributed by atoms with Crippen LogP contribution in [-0.4, -0.2) is 44.9 Å². The van der Waals surface area contributed by atoms with Crippen molar-refractivity contribution >= 4 is 23.1 Å². The number of nitrogens with one attached hydrogen (secondary N) is 1. The van der Waals surface area contributed by atoms with Crippen LogP contribution in [0.25, 0.3) is 0 Å². The van der Waals surface area contributed by atoms with E-state index in [1.807, 2.05) is 11.8 Å². The van der Waals surface area contributed by atoms with E-state index in [-0.39, 0.29) is 0 Å². The van der Waals surface area contributed by atoms with Crippen LogP contribution >= 0.6 is 11.8 Å². The molecule has 0 amide bonds. The molecule has 1 aromatic rings. The zero-order valence-corrected chi connectivity index (χ0v) is 11.8. The summed E-state index contributed by atoms with van der Waals surface area (Å²) in [5, 5.41) is 3.45. The zero-order chi connectivity index (χ0) is 12.6. The van der Waals surface area contributed by atoms with Crippen LogP contribution in [0.4, 0.5) is 11.4 Å². The molecule has 0 atom stereocenters. The third-order valence-electron chi connectivity index (χ3n) is 3.10. The van der Waals surface area contributed by atoms with Crippen molar-refractivity contribution < 1.29 is 4.74 Å². The van der Waals surface area contributed by atoms with Crippen LogP contribution in [0, 0.1) is 0 Å². The van der Waals surface area contributed by atoms with Gasteiger partial charge in [-0.2, -0.15) is 11.8 Å². The van der Waals surface area contributed by atoms with Crippen molar-refractivity contribution in [2.24, 2.45) is 0 Å². The quantitative estimate of drug-likeness (QED) is 0.800. The third-order valence-corrected chi connectivity index (χ3v) is 3.79. The Bertz CT molecular complexity index is 336. The fourth-order valence-corrected chi connectivity index (χ4v) is 2.49. The first-order valence-electron chi connectivity index (χ1n) is 6.56. The Hall–Kier alpha value is -0.870. The molecule has 100 valence electrons. The molecule has 1 aliphatic rings. The van der Waals surface area contributed by atoms with E-state index in [0.717, 1.165) is 32.8 Å². The molecule has 2 rings (SSSR count). The standard InChI is InChI=1S/C14H22N2OS/c1-18-12-2-7-15-13-3-5-14(6-4-13)16-8-10-17-11-9-16/h3-6,15H,2,7-12H2,1H3. The highest BCUT2D eigenvalue weighted by Crippen LogP contribution is 2.18. The zero-order valence-electron chi connectivity index (χ0n) is 11.0. The smallest absolute Gasteiger partial charge is 0.0642 e. The second kappa shape index (κ2) is 7.54. The average molecular weight is 266 g/mol. The van der Waals surface area contributed by atoms with Crippen LogP contribution in [0.5, 0.6) is 0 Å². The molecule has 0 bridgehead atoms. The maximum Gasteiger partial charge on any atom is 0.0642 e. The summed E-state index contributed by atoms with van der Waals surface area (Å²) >= 11 is 1.90. The van der Waals surface area contributed by atoms with Crippen molar-refractivity contribution in [2.75, 3.05) is 55.1 Å². The summed E-state index contributed by atoms with van der Waals surface area (Å²) in [6, 6.07) is 8.73. The molecule has 0 saturated carbocycles. The van der Waals surface area contributed by atoms with Gasteiger partial charge in [0.25, 0.3) is 0 Å². The predicted molar refractivity (Wildman–Crippen MR) is 81.0 cm³/mol. The van der Waals surface area contributed by atoms with E-state index in [9.17, 15) is 0 Å². The Morgan fingerprint density at radius 2 is 1.94 bits per heavy atom. The summed E-state index contributed by atoms with van der Waals surface area (Å²) in [7, 11) is 0. The SMILES string of the molecule is CSCCCNc1ccc(N2CCOCC2)cc1. The van der Waals surface area contributed by atoms with Crippen LogP contribution < -0.4 is 10.2 Å². The topological polar surface area (TPSA) is 24.5 Å². The number of thioether (sulfide) groups is 1. The maximum atomic E-state index is 5.37. The molecule has 0 radical (unpaired) electrons. The Kier molecular flexibility index (Phi) is 5.68. The number of nitrogens with zero attached hydrogens (tertiary/aromatic N) is 1. The molecule has 1 saturated heterocycles. The molecule has 1 fully saturated rings. The summed E-state index contributed by atoms with van der Waals surface area (Å²) in [6.07, 6.45) is 3.36.